The van der Waals surface area contributed by atoms with Crippen LogP contribution in [0.4, 0.5) is 0 Å². The monoisotopic (exact) mass is 304 g/mol. The van der Waals surface area contributed by atoms with E-state index in [1.165, 1.54) is 0 Å². The van der Waals surface area contributed by atoms with E-state index in [4.69, 9.17) is 9.47 Å². The molecule has 3 atom stereocenters. The summed E-state index contributed by atoms with van der Waals surface area (Å²) in [5, 5.41) is 9.27. The number of hydrogen-bond donors (Lipinski definition) is 1. The van der Waals surface area contributed by atoms with Crippen LogP contribution in [-0.2, 0) is 4.79 Å². The molecule has 3 aliphatic rings. The van der Waals surface area contributed by atoms with Gasteiger partial charge in [-0.05, 0) is 31.4 Å². The maximum Gasteiger partial charge on any atom is 0.308 e. The Morgan fingerprint density at radius 1 is 1.23 bits per heavy atom. The normalized spacial score (nSPS) is 28.7. The van der Waals surface area contributed by atoms with Crippen molar-refractivity contribution in [1.82, 2.24) is 9.88 Å². The number of rotatable bonds is 2. The van der Waals surface area contributed by atoms with Crippen molar-refractivity contribution >= 4 is 11.9 Å². The van der Waals surface area contributed by atoms with Crippen molar-refractivity contribution in [3.8, 4) is 11.6 Å². The second-order valence-electron chi connectivity index (χ2n) is 5.89. The van der Waals surface area contributed by atoms with Gasteiger partial charge in [0.05, 0.1) is 5.92 Å². The molecule has 1 amide bonds. The molecule has 4 heterocycles. The molecule has 3 aliphatic heterocycles. The summed E-state index contributed by atoms with van der Waals surface area (Å²) in [5.41, 5.74) is 0.284. The van der Waals surface area contributed by atoms with Gasteiger partial charge in [0.25, 0.3) is 11.8 Å². The van der Waals surface area contributed by atoms with E-state index in [0.29, 0.717) is 31.3 Å². The first-order valence-electron chi connectivity index (χ1n) is 7.47. The Hall–Kier alpha value is -2.31. The molecule has 0 spiro atoms. The van der Waals surface area contributed by atoms with Crippen LogP contribution in [0.5, 0.6) is 11.6 Å². The lowest BCUT2D eigenvalue weighted by molar-refractivity contribution is -0.142. The molecule has 0 aromatic carbocycles. The summed E-state index contributed by atoms with van der Waals surface area (Å²) >= 11 is 0. The van der Waals surface area contributed by atoms with Gasteiger partial charge >= 0.3 is 5.97 Å². The number of ether oxygens (including phenoxy) is 2. The average molecular weight is 304 g/mol. The van der Waals surface area contributed by atoms with Crippen molar-refractivity contribution in [3.05, 3.63) is 17.8 Å². The molecule has 0 radical (unpaired) electrons. The number of hydrogen-bond acceptors (Lipinski definition) is 5. The van der Waals surface area contributed by atoms with Crippen molar-refractivity contribution in [1.29, 1.82) is 0 Å². The zero-order valence-corrected chi connectivity index (χ0v) is 11.9. The Morgan fingerprint density at radius 3 is 2.82 bits per heavy atom. The number of aliphatic carboxylic acids is 1. The minimum atomic E-state index is -0.819. The van der Waals surface area contributed by atoms with Gasteiger partial charge in [-0.2, -0.15) is 0 Å². The van der Waals surface area contributed by atoms with E-state index < -0.39 is 11.9 Å². The summed E-state index contributed by atoms with van der Waals surface area (Å²) in [6.07, 6.45) is 2.15. The van der Waals surface area contributed by atoms with Crippen LogP contribution in [-0.4, -0.2) is 52.2 Å². The predicted molar refractivity (Wildman–Crippen MR) is 73.9 cm³/mol. The summed E-state index contributed by atoms with van der Waals surface area (Å²) < 4.78 is 10.8. The van der Waals surface area contributed by atoms with Crippen LogP contribution >= 0.6 is 0 Å². The summed E-state index contributed by atoms with van der Waals surface area (Å²) in [4.78, 5) is 30.0. The van der Waals surface area contributed by atoms with E-state index in [2.05, 4.69) is 4.98 Å². The van der Waals surface area contributed by atoms with Gasteiger partial charge < -0.3 is 19.5 Å². The third kappa shape index (κ3) is 1.92. The number of amides is 1. The molecule has 1 aromatic rings. The molecule has 1 N–H and O–H groups in total. The molecule has 2 fully saturated rings. The van der Waals surface area contributed by atoms with Crippen molar-refractivity contribution < 1.29 is 24.2 Å². The minimum absolute atomic E-state index is 0.00796. The Labute approximate surface area is 126 Å². The average Bonchev–Trinajstić information content (AvgIpc) is 3.11. The SMILES string of the molecule is O=C(O)C1CC2CCC1N2C(=O)c1ccc2c(n1)OCCO2. The standard InChI is InChI=1S/C15H16N2O5/c18-14(10-2-4-12-13(16-10)22-6-5-21-12)17-8-1-3-11(17)9(7-8)15(19)20/h2,4,8-9,11H,1,3,5-7H2,(H,19,20). The number of pyridine rings is 1. The van der Waals surface area contributed by atoms with Gasteiger partial charge in [0.15, 0.2) is 5.75 Å². The number of nitrogens with zero attached hydrogens (tertiary/aromatic N) is 2. The Morgan fingerprint density at radius 2 is 2.05 bits per heavy atom. The quantitative estimate of drug-likeness (QED) is 0.874. The Balaban J connectivity index is 1.61. The van der Waals surface area contributed by atoms with Gasteiger partial charge in [-0.25, -0.2) is 4.98 Å². The van der Waals surface area contributed by atoms with Crippen LogP contribution in [0.25, 0.3) is 0 Å². The zero-order valence-electron chi connectivity index (χ0n) is 11.9. The third-order valence-electron chi connectivity index (χ3n) is 4.71. The third-order valence-corrected chi connectivity index (χ3v) is 4.71. The van der Waals surface area contributed by atoms with E-state index in [0.717, 1.165) is 12.8 Å². The molecular formula is C15H16N2O5. The minimum Gasteiger partial charge on any atom is -0.484 e. The van der Waals surface area contributed by atoms with Gasteiger partial charge in [-0.15, -0.1) is 0 Å². The highest BCUT2D eigenvalue weighted by molar-refractivity contribution is 5.94. The summed E-state index contributed by atoms with van der Waals surface area (Å²) in [6, 6.07) is 3.09. The second-order valence-corrected chi connectivity index (χ2v) is 5.89. The number of carboxylic acids is 1. The second kappa shape index (κ2) is 4.86. The van der Waals surface area contributed by atoms with Gasteiger partial charge in [0.2, 0.25) is 0 Å². The van der Waals surface area contributed by atoms with Crippen LogP contribution in [0, 0.1) is 5.92 Å². The summed E-state index contributed by atoms with van der Waals surface area (Å²) in [7, 11) is 0. The molecule has 1 aromatic heterocycles. The molecule has 2 bridgehead atoms. The molecule has 3 unspecified atom stereocenters. The van der Waals surface area contributed by atoms with Crippen LogP contribution in [0.2, 0.25) is 0 Å². The van der Waals surface area contributed by atoms with Crippen molar-refractivity contribution in [2.24, 2.45) is 5.92 Å². The molecule has 2 saturated heterocycles. The fraction of sp³-hybridized carbons (Fsp3) is 0.533. The predicted octanol–water partition coefficient (Wildman–Crippen LogP) is 0.931. The molecule has 0 aliphatic carbocycles. The van der Waals surface area contributed by atoms with Crippen molar-refractivity contribution in [2.75, 3.05) is 13.2 Å². The van der Waals surface area contributed by atoms with Crippen LogP contribution in [0.1, 0.15) is 29.8 Å². The molecule has 22 heavy (non-hydrogen) atoms. The van der Waals surface area contributed by atoms with Crippen LogP contribution < -0.4 is 9.47 Å². The van der Waals surface area contributed by atoms with E-state index in [-0.39, 0.29) is 23.7 Å². The zero-order chi connectivity index (χ0) is 15.3. The summed E-state index contributed by atoms with van der Waals surface area (Å²) in [6.45, 7) is 0.881. The topological polar surface area (TPSA) is 89.0 Å². The van der Waals surface area contributed by atoms with Crippen LogP contribution in [0.15, 0.2) is 12.1 Å². The first-order valence-corrected chi connectivity index (χ1v) is 7.47. The molecule has 7 heteroatoms. The molecular weight excluding hydrogens is 288 g/mol. The number of fused-ring (bicyclic) bond motifs is 3. The fourth-order valence-corrected chi connectivity index (χ4v) is 3.75. The molecule has 116 valence electrons. The van der Waals surface area contributed by atoms with Gasteiger partial charge in [-0.1, -0.05) is 0 Å². The smallest absolute Gasteiger partial charge is 0.308 e. The molecule has 4 rings (SSSR count). The van der Waals surface area contributed by atoms with Crippen molar-refractivity contribution in [3.63, 3.8) is 0 Å². The van der Waals surface area contributed by atoms with Gasteiger partial charge in [-0.3, -0.25) is 9.59 Å². The van der Waals surface area contributed by atoms with E-state index in [1.54, 1.807) is 17.0 Å². The van der Waals surface area contributed by atoms with E-state index in [1.807, 2.05) is 0 Å². The number of aromatic nitrogens is 1. The molecule has 0 saturated carbocycles. The number of carbonyl (C=O) groups excluding carboxylic acids is 1. The number of carboxylic acid groups (broad SMARTS) is 1. The largest absolute Gasteiger partial charge is 0.484 e. The first-order chi connectivity index (χ1) is 10.6. The highest BCUT2D eigenvalue weighted by Crippen LogP contribution is 2.42. The summed E-state index contributed by atoms with van der Waals surface area (Å²) in [5.74, 6) is -0.623. The highest BCUT2D eigenvalue weighted by Gasteiger charge is 2.51. The van der Waals surface area contributed by atoms with Crippen molar-refractivity contribution in [2.45, 2.75) is 31.3 Å². The highest BCUT2D eigenvalue weighted by atomic mass is 16.6. The Bertz CT molecular complexity index is 647. The fourth-order valence-electron chi connectivity index (χ4n) is 3.75. The molecule has 7 nitrogen and oxygen atoms in total. The van der Waals surface area contributed by atoms with Crippen LogP contribution in [0.3, 0.4) is 0 Å². The maximum atomic E-state index is 12.7. The van der Waals surface area contributed by atoms with E-state index >= 15 is 0 Å². The van der Waals surface area contributed by atoms with Gasteiger partial charge in [0.1, 0.15) is 18.9 Å². The maximum absolute atomic E-state index is 12.7. The lowest BCUT2D eigenvalue weighted by atomic mass is 9.89. The lowest BCUT2D eigenvalue weighted by Crippen LogP contribution is -2.38. The first kappa shape index (κ1) is 13.4. The number of carbonyl (C=O) groups is 2. The van der Waals surface area contributed by atoms with Gasteiger partial charge in [0, 0.05) is 12.1 Å². The Kier molecular flexibility index (Phi) is 2.95. The lowest BCUT2D eigenvalue weighted by Gasteiger charge is -2.23. The van der Waals surface area contributed by atoms with E-state index in [9.17, 15) is 14.7 Å².